The molecule has 0 unspecified atom stereocenters. The molecule has 0 aromatic heterocycles. The lowest BCUT2D eigenvalue weighted by atomic mass is 10.1. The first-order valence-corrected chi connectivity index (χ1v) is 6.96. The fourth-order valence-electron chi connectivity index (χ4n) is 1.85. The van der Waals surface area contributed by atoms with Crippen molar-refractivity contribution in [2.75, 3.05) is 5.32 Å². The lowest BCUT2D eigenvalue weighted by Crippen LogP contribution is -2.34. The third-order valence-electron chi connectivity index (χ3n) is 2.95. The normalized spacial score (nSPS) is 9.83. The number of para-hydroxylation sites is 1. The second-order valence-corrected chi connectivity index (χ2v) is 4.96. The standard InChI is InChI=1S/C15H11N3O5S/c19-13(11-3-1-2-4-12(11)18(22)23)17-15(24)16-10-7-5-9(6-8-10)14(20)21/h1-8H,(H,20,21)(H2,16,17,19,24)/p-1. The number of carboxylic acids is 1. The number of amides is 1. The van der Waals surface area contributed by atoms with Gasteiger partial charge in [-0.05, 0) is 36.0 Å². The summed E-state index contributed by atoms with van der Waals surface area (Å²) in [6.07, 6.45) is 0. The van der Waals surface area contributed by atoms with E-state index in [0.717, 1.165) is 0 Å². The summed E-state index contributed by atoms with van der Waals surface area (Å²) in [4.78, 5) is 33.0. The lowest BCUT2D eigenvalue weighted by Gasteiger charge is -2.10. The number of nitrogens with one attached hydrogen (secondary N) is 2. The largest absolute Gasteiger partial charge is 0.545 e. The van der Waals surface area contributed by atoms with Crippen molar-refractivity contribution in [1.29, 1.82) is 0 Å². The molecule has 8 nitrogen and oxygen atoms in total. The summed E-state index contributed by atoms with van der Waals surface area (Å²) in [5.41, 5.74) is -0.0293. The number of carboxylic acid groups (broad SMARTS) is 1. The number of benzene rings is 2. The molecule has 2 aromatic carbocycles. The molecule has 2 N–H and O–H groups in total. The van der Waals surface area contributed by atoms with Gasteiger partial charge in [0, 0.05) is 11.8 Å². The van der Waals surface area contributed by atoms with E-state index in [1.54, 1.807) is 0 Å². The minimum Gasteiger partial charge on any atom is -0.545 e. The summed E-state index contributed by atoms with van der Waals surface area (Å²) >= 11 is 4.96. The number of nitro benzene ring substituents is 1. The zero-order chi connectivity index (χ0) is 17.7. The third kappa shape index (κ3) is 4.11. The van der Waals surface area contributed by atoms with Crippen molar-refractivity contribution in [3.8, 4) is 0 Å². The maximum absolute atomic E-state index is 12.1. The molecule has 0 aliphatic heterocycles. The first kappa shape index (κ1) is 17.0. The summed E-state index contributed by atoms with van der Waals surface area (Å²) < 4.78 is 0. The van der Waals surface area contributed by atoms with Crippen LogP contribution in [0.2, 0.25) is 0 Å². The molecule has 0 spiro atoms. The van der Waals surface area contributed by atoms with Gasteiger partial charge in [0.2, 0.25) is 0 Å². The van der Waals surface area contributed by atoms with Crippen LogP contribution in [0.25, 0.3) is 0 Å². The highest BCUT2D eigenvalue weighted by Crippen LogP contribution is 2.17. The number of rotatable bonds is 4. The molecule has 1 amide bonds. The van der Waals surface area contributed by atoms with Crippen LogP contribution in [-0.2, 0) is 0 Å². The topological polar surface area (TPSA) is 124 Å². The Balaban J connectivity index is 2.06. The van der Waals surface area contributed by atoms with Crippen LogP contribution in [-0.4, -0.2) is 21.9 Å². The van der Waals surface area contributed by atoms with Crippen LogP contribution in [0, 0.1) is 10.1 Å². The predicted octanol–water partition coefficient (Wildman–Crippen LogP) is 1.09. The minimum atomic E-state index is -1.31. The number of carbonyl (C=O) groups excluding carboxylic acids is 2. The fraction of sp³-hybridized carbons (Fsp3) is 0. The van der Waals surface area contributed by atoms with Gasteiger partial charge in [-0.3, -0.25) is 20.2 Å². The Morgan fingerprint density at radius 2 is 1.67 bits per heavy atom. The summed E-state index contributed by atoms with van der Waals surface area (Å²) in [7, 11) is 0. The van der Waals surface area contributed by atoms with Crippen molar-refractivity contribution in [2.45, 2.75) is 0 Å². The van der Waals surface area contributed by atoms with Gasteiger partial charge >= 0.3 is 0 Å². The van der Waals surface area contributed by atoms with Crippen LogP contribution in [0.5, 0.6) is 0 Å². The summed E-state index contributed by atoms with van der Waals surface area (Å²) in [5, 5.41) is 26.5. The van der Waals surface area contributed by atoms with Crippen molar-refractivity contribution in [1.82, 2.24) is 5.32 Å². The number of nitro groups is 1. The van der Waals surface area contributed by atoms with E-state index in [0.29, 0.717) is 5.69 Å². The lowest BCUT2D eigenvalue weighted by molar-refractivity contribution is -0.385. The zero-order valence-electron chi connectivity index (χ0n) is 12.0. The summed E-state index contributed by atoms with van der Waals surface area (Å²) in [5.74, 6) is -2.04. The maximum Gasteiger partial charge on any atom is 0.282 e. The predicted molar refractivity (Wildman–Crippen MR) is 87.6 cm³/mol. The average molecular weight is 344 g/mol. The van der Waals surface area contributed by atoms with E-state index in [-0.39, 0.29) is 21.9 Å². The fourth-order valence-corrected chi connectivity index (χ4v) is 2.06. The Hall–Kier alpha value is -3.33. The Bertz CT molecular complexity index is 820. The van der Waals surface area contributed by atoms with E-state index >= 15 is 0 Å². The van der Waals surface area contributed by atoms with Crippen LogP contribution in [0.4, 0.5) is 11.4 Å². The van der Waals surface area contributed by atoms with Crippen molar-refractivity contribution in [3.63, 3.8) is 0 Å². The zero-order valence-corrected chi connectivity index (χ0v) is 12.8. The minimum absolute atomic E-state index is 0.00425. The molecular weight excluding hydrogens is 334 g/mol. The van der Waals surface area contributed by atoms with E-state index in [2.05, 4.69) is 10.6 Å². The van der Waals surface area contributed by atoms with E-state index in [1.807, 2.05) is 0 Å². The summed E-state index contributed by atoms with van der Waals surface area (Å²) in [6, 6.07) is 11.0. The van der Waals surface area contributed by atoms with Crippen LogP contribution in [0.3, 0.4) is 0 Å². The highest BCUT2D eigenvalue weighted by Gasteiger charge is 2.19. The number of nitrogens with zero attached hydrogens (tertiary/aromatic N) is 1. The molecule has 0 atom stereocenters. The molecule has 0 aliphatic rings. The Labute approximate surface area is 141 Å². The molecule has 0 heterocycles. The van der Waals surface area contributed by atoms with Gasteiger partial charge < -0.3 is 15.2 Å². The van der Waals surface area contributed by atoms with Crippen LogP contribution >= 0.6 is 12.2 Å². The Kier molecular flexibility index (Phi) is 5.17. The third-order valence-corrected chi connectivity index (χ3v) is 3.16. The van der Waals surface area contributed by atoms with Gasteiger partial charge in [-0.2, -0.15) is 0 Å². The maximum atomic E-state index is 12.1. The molecule has 9 heteroatoms. The van der Waals surface area contributed by atoms with Gasteiger partial charge in [0.05, 0.1) is 10.9 Å². The molecule has 0 aliphatic carbocycles. The molecule has 0 saturated carbocycles. The van der Waals surface area contributed by atoms with Gasteiger partial charge in [-0.15, -0.1) is 0 Å². The Morgan fingerprint density at radius 3 is 2.25 bits per heavy atom. The molecule has 122 valence electrons. The van der Waals surface area contributed by atoms with E-state index in [4.69, 9.17) is 12.2 Å². The molecule has 2 aromatic rings. The average Bonchev–Trinajstić information content (AvgIpc) is 2.55. The highest BCUT2D eigenvalue weighted by atomic mass is 32.1. The number of aromatic carboxylic acids is 1. The second kappa shape index (κ2) is 7.29. The van der Waals surface area contributed by atoms with Gasteiger partial charge in [-0.25, -0.2) is 0 Å². The SMILES string of the molecule is O=C([O-])c1ccc(NC(=S)NC(=O)c2ccccc2[N+](=O)[O-])cc1. The number of thiocarbonyl (C=S) groups is 1. The van der Waals surface area contributed by atoms with Gasteiger partial charge in [0.25, 0.3) is 11.6 Å². The van der Waals surface area contributed by atoms with Gasteiger partial charge in [0.15, 0.2) is 5.11 Å². The Morgan fingerprint density at radius 1 is 1.04 bits per heavy atom. The number of carbonyl (C=O) groups is 2. The van der Waals surface area contributed by atoms with Crippen molar-refractivity contribution < 1.29 is 19.6 Å². The molecule has 2 rings (SSSR count). The quantitative estimate of drug-likeness (QED) is 0.483. The molecular formula is C15H10N3O5S-. The molecule has 0 fully saturated rings. The molecule has 0 radical (unpaired) electrons. The summed E-state index contributed by atoms with van der Waals surface area (Å²) in [6.45, 7) is 0. The van der Waals surface area contributed by atoms with Crippen molar-refractivity contribution in [3.05, 3.63) is 69.8 Å². The van der Waals surface area contributed by atoms with Crippen molar-refractivity contribution >= 4 is 40.6 Å². The van der Waals surface area contributed by atoms with Gasteiger partial charge in [-0.1, -0.05) is 24.3 Å². The first-order valence-electron chi connectivity index (χ1n) is 6.55. The number of hydrogen-bond acceptors (Lipinski definition) is 6. The molecule has 24 heavy (non-hydrogen) atoms. The van der Waals surface area contributed by atoms with Crippen LogP contribution in [0.1, 0.15) is 20.7 Å². The molecule has 0 saturated heterocycles. The van der Waals surface area contributed by atoms with Gasteiger partial charge in [0.1, 0.15) is 5.56 Å². The number of anilines is 1. The van der Waals surface area contributed by atoms with Crippen LogP contribution < -0.4 is 15.7 Å². The smallest absolute Gasteiger partial charge is 0.282 e. The highest BCUT2D eigenvalue weighted by molar-refractivity contribution is 7.80. The van der Waals surface area contributed by atoms with E-state index in [9.17, 15) is 24.8 Å². The van der Waals surface area contributed by atoms with E-state index in [1.165, 1.54) is 48.5 Å². The first-order chi connectivity index (χ1) is 11.4. The van der Waals surface area contributed by atoms with Crippen molar-refractivity contribution in [2.24, 2.45) is 0 Å². The van der Waals surface area contributed by atoms with Crippen LogP contribution in [0.15, 0.2) is 48.5 Å². The second-order valence-electron chi connectivity index (χ2n) is 4.55. The molecule has 0 bridgehead atoms. The number of hydrogen-bond donors (Lipinski definition) is 2. The van der Waals surface area contributed by atoms with E-state index < -0.39 is 16.8 Å². The monoisotopic (exact) mass is 344 g/mol.